The number of aromatic nitrogens is 4. The predicted molar refractivity (Wildman–Crippen MR) is 145 cm³/mol. The van der Waals surface area contributed by atoms with Crippen LogP contribution in [0.2, 0.25) is 5.02 Å². The second kappa shape index (κ2) is 9.50. The Labute approximate surface area is 223 Å². The van der Waals surface area contributed by atoms with Crippen molar-refractivity contribution < 1.29 is 13.6 Å². The van der Waals surface area contributed by atoms with Crippen LogP contribution in [0.3, 0.4) is 0 Å². The lowest BCUT2D eigenvalue weighted by atomic mass is 9.89. The van der Waals surface area contributed by atoms with Crippen molar-refractivity contribution in [3.8, 4) is 11.1 Å². The molecule has 2 aliphatic carbocycles. The van der Waals surface area contributed by atoms with Gasteiger partial charge < -0.3 is 15.1 Å². The van der Waals surface area contributed by atoms with Crippen molar-refractivity contribution in [2.45, 2.75) is 50.4 Å². The molecule has 2 N–H and O–H groups in total. The monoisotopic (exact) mass is 541 g/mol. The Balaban J connectivity index is 1.33. The largest absolute Gasteiger partial charge is 0.367 e. The van der Waals surface area contributed by atoms with Crippen LogP contribution in [0.25, 0.3) is 27.5 Å². The van der Waals surface area contributed by atoms with Crippen molar-refractivity contribution in [2.24, 2.45) is 5.92 Å². The number of benzene rings is 1. The van der Waals surface area contributed by atoms with E-state index in [1.54, 1.807) is 29.0 Å². The van der Waals surface area contributed by atoms with Gasteiger partial charge in [-0.3, -0.25) is 9.89 Å². The van der Waals surface area contributed by atoms with Crippen LogP contribution in [0, 0.1) is 11.7 Å². The number of aromatic amines is 1. The molecule has 0 aliphatic heterocycles. The van der Waals surface area contributed by atoms with Gasteiger partial charge in [-0.05, 0) is 63.9 Å². The molecule has 2 aliphatic rings. The van der Waals surface area contributed by atoms with E-state index in [1.807, 2.05) is 18.0 Å². The number of carbonyl (C=O) groups excluding carboxylic acids is 1. The quantitative estimate of drug-likeness (QED) is 0.347. The molecular formula is C27H30ClF2N7O. The number of fused-ring (bicyclic) bond motifs is 2. The lowest BCUT2D eigenvalue weighted by Crippen LogP contribution is -2.40. The van der Waals surface area contributed by atoms with Crippen LogP contribution in [0.5, 0.6) is 0 Å². The Morgan fingerprint density at radius 2 is 1.89 bits per heavy atom. The molecule has 2 atom stereocenters. The zero-order valence-electron chi connectivity index (χ0n) is 21.5. The van der Waals surface area contributed by atoms with Gasteiger partial charge in [-0.2, -0.15) is 10.2 Å². The standard InChI is InChI=1S/C27H30ClF2N7O/c1-35(2)15-4-6-16(7-5-15)36(3)26-24(30)23(28)22(19-13-31-33-25(19)26)14-8-9-37-17(10-14)11-21(34-37)32-27(38)18-12-20(18)29/h8-11,13,15-16,18,20H,4-7,12H2,1-3H3,(H,31,33)(H,32,34,38)/t15?,16?,18-,20+/m1/s1. The Morgan fingerprint density at radius 3 is 2.58 bits per heavy atom. The summed E-state index contributed by atoms with van der Waals surface area (Å²) in [6.07, 6.45) is 6.62. The van der Waals surface area contributed by atoms with Crippen LogP contribution >= 0.6 is 11.6 Å². The number of hydrogen-bond donors (Lipinski definition) is 2. The molecule has 0 bridgehead atoms. The molecule has 8 nitrogen and oxygen atoms in total. The molecule has 3 heterocycles. The minimum Gasteiger partial charge on any atom is -0.367 e. The molecule has 3 aromatic heterocycles. The molecule has 2 saturated carbocycles. The number of halogens is 3. The van der Waals surface area contributed by atoms with E-state index in [0.717, 1.165) is 31.1 Å². The zero-order valence-corrected chi connectivity index (χ0v) is 22.3. The van der Waals surface area contributed by atoms with Gasteiger partial charge in [0.05, 0.1) is 28.2 Å². The summed E-state index contributed by atoms with van der Waals surface area (Å²) in [4.78, 5) is 16.4. The van der Waals surface area contributed by atoms with Gasteiger partial charge in [-0.1, -0.05) is 11.6 Å². The minimum atomic E-state index is -1.08. The molecule has 1 amide bonds. The number of amides is 1. The van der Waals surface area contributed by atoms with E-state index in [9.17, 15) is 9.18 Å². The number of nitrogens with zero attached hydrogens (tertiary/aromatic N) is 5. The van der Waals surface area contributed by atoms with Crippen molar-refractivity contribution in [2.75, 3.05) is 31.4 Å². The highest BCUT2D eigenvalue weighted by molar-refractivity contribution is 6.36. The molecule has 200 valence electrons. The summed E-state index contributed by atoms with van der Waals surface area (Å²) < 4.78 is 30.8. The molecule has 4 aromatic rings. The van der Waals surface area contributed by atoms with Crippen LogP contribution in [-0.2, 0) is 4.79 Å². The van der Waals surface area contributed by atoms with Crippen molar-refractivity contribution in [1.82, 2.24) is 24.7 Å². The maximum atomic E-state index is 16.0. The highest BCUT2D eigenvalue weighted by Crippen LogP contribution is 2.44. The minimum absolute atomic E-state index is 0.0304. The first-order valence-corrected chi connectivity index (χ1v) is 13.3. The van der Waals surface area contributed by atoms with Gasteiger partial charge in [-0.25, -0.2) is 13.3 Å². The van der Waals surface area contributed by atoms with E-state index in [-0.39, 0.29) is 23.4 Å². The van der Waals surface area contributed by atoms with Gasteiger partial charge in [0.1, 0.15) is 11.9 Å². The highest BCUT2D eigenvalue weighted by Gasteiger charge is 2.43. The average molecular weight is 542 g/mol. The highest BCUT2D eigenvalue weighted by atomic mass is 35.5. The number of rotatable bonds is 6. The first kappa shape index (κ1) is 25.1. The molecule has 6 rings (SSSR count). The van der Waals surface area contributed by atoms with Gasteiger partial charge >= 0.3 is 0 Å². The number of anilines is 2. The molecule has 0 radical (unpaired) electrons. The first-order valence-electron chi connectivity index (χ1n) is 12.9. The maximum absolute atomic E-state index is 16.0. The third-order valence-electron chi connectivity index (χ3n) is 8.12. The van der Waals surface area contributed by atoms with Crippen molar-refractivity contribution in [3.05, 3.63) is 41.4 Å². The molecule has 1 aromatic carbocycles. The number of nitrogens with one attached hydrogen (secondary N) is 2. The Hall–Kier alpha value is -3.24. The summed E-state index contributed by atoms with van der Waals surface area (Å²) in [7, 11) is 6.14. The van der Waals surface area contributed by atoms with Gasteiger partial charge in [-0.15, -0.1) is 0 Å². The zero-order chi connectivity index (χ0) is 26.7. The van der Waals surface area contributed by atoms with Crippen LogP contribution in [0.15, 0.2) is 30.6 Å². The summed E-state index contributed by atoms with van der Waals surface area (Å²) in [5.41, 5.74) is 2.94. The topological polar surface area (TPSA) is 81.6 Å². The fourth-order valence-electron chi connectivity index (χ4n) is 5.72. The normalized spacial score (nSPS) is 23.3. The van der Waals surface area contributed by atoms with E-state index in [4.69, 9.17) is 11.6 Å². The molecule has 0 spiro atoms. The summed E-state index contributed by atoms with van der Waals surface area (Å²) >= 11 is 6.73. The van der Waals surface area contributed by atoms with Gasteiger partial charge in [0, 0.05) is 42.3 Å². The second-order valence-corrected chi connectivity index (χ2v) is 11.1. The Kier molecular flexibility index (Phi) is 6.26. The van der Waals surface area contributed by atoms with Crippen molar-refractivity contribution in [1.29, 1.82) is 0 Å². The van der Waals surface area contributed by atoms with Crippen LogP contribution in [0.1, 0.15) is 32.1 Å². The number of carbonyl (C=O) groups is 1. The molecule has 2 fully saturated rings. The molecule has 38 heavy (non-hydrogen) atoms. The molecule has 0 saturated heterocycles. The average Bonchev–Trinajstić information content (AvgIpc) is 3.25. The smallest absolute Gasteiger partial charge is 0.231 e. The van der Waals surface area contributed by atoms with E-state index in [2.05, 4.69) is 39.6 Å². The van der Waals surface area contributed by atoms with Crippen LogP contribution in [0.4, 0.5) is 20.3 Å². The Morgan fingerprint density at radius 1 is 1.18 bits per heavy atom. The lowest BCUT2D eigenvalue weighted by molar-refractivity contribution is -0.117. The van der Waals surface area contributed by atoms with Gasteiger partial charge in [0.25, 0.3) is 0 Å². The summed E-state index contributed by atoms with van der Waals surface area (Å²) in [5, 5.41) is 15.0. The fourth-order valence-corrected chi connectivity index (χ4v) is 6.02. The summed E-state index contributed by atoms with van der Waals surface area (Å²) in [5.74, 6) is -1.13. The number of alkyl halides is 1. The van der Waals surface area contributed by atoms with E-state index >= 15 is 4.39 Å². The third-order valence-corrected chi connectivity index (χ3v) is 8.47. The third kappa shape index (κ3) is 4.29. The molecule has 0 unspecified atom stereocenters. The van der Waals surface area contributed by atoms with Crippen LogP contribution < -0.4 is 10.2 Å². The first-order chi connectivity index (χ1) is 18.2. The summed E-state index contributed by atoms with van der Waals surface area (Å²) in [6, 6.07) is 6.07. The maximum Gasteiger partial charge on any atom is 0.231 e. The number of pyridine rings is 1. The number of H-pyrrole nitrogens is 1. The molecule has 11 heteroatoms. The predicted octanol–water partition coefficient (Wildman–Crippen LogP) is 5.28. The molecular weight excluding hydrogens is 512 g/mol. The van der Waals surface area contributed by atoms with E-state index < -0.39 is 17.9 Å². The van der Waals surface area contributed by atoms with Crippen molar-refractivity contribution in [3.63, 3.8) is 0 Å². The summed E-state index contributed by atoms with van der Waals surface area (Å²) in [6.45, 7) is 0. The van der Waals surface area contributed by atoms with Crippen molar-refractivity contribution >= 4 is 45.4 Å². The van der Waals surface area contributed by atoms with E-state index in [1.165, 1.54) is 0 Å². The SMILES string of the molecule is CN(C)C1CCC(N(C)c2c(F)c(Cl)c(-c3ccn4nc(NC(=O)[C@@H]5C[C@@H]5F)cc4c3)c3cn[nH]c23)CC1. The van der Waals surface area contributed by atoms with Crippen LogP contribution in [-0.4, -0.2) is 70.0 Å². The van der Waals surface area contributed by atoms with Gasteiger partial charge in [0.15, 0.2) is 11.6 Å². The van der Waals surface area contributed by atoms with E-state index in [0.29, 0.717) is 39.7 Å². The fraction of sp³-hybridized carbons (Fsp3) is 0.444. The Bertz CT molecular complexity index is 1520. The second-order valence-electron chi connectivity index (χ2n) is 10.7. The lowest BCUT2D eigenvalue weighted by Gasteiger charge is -2.38. The van der Waals surface area contributed by atoms with Gasteiger partial charge in [0.2, 0.25) is 5.91 Å². The number of hydrogen-bond acceptors (Lipinski definition) is 5.